The van der Waals surface area contributed by atoms with Gasteiger partial charge < -0.3 is 10.6 Å². The standard InChI is InChI=1S/C10H16N4S2/c1-7(6-16-3)14(2)9-5-12-8(4-13-9)10(11)15/h4-5,7H,6H2,1-3H3,(H2,11,15). The number of nitrogens with zero attached hydrogens (tertiary/aromatic N) is 3. The van der Waals surface area contributed by atoms with Crippen molar-refractivity contribution in [1.29, 1.82) is 0 Å². The molecule has 16 heavy (non-hydrogen) atoms. The predicted octanol–water partition coefficient (Wildman–Crippen LogP) is 1.30. The number of rotatable bonds is 5. The Kier molecular flexibility index (Phi) is 4.95. The second-order valence-corrected chi connectivity index (χ2v) is 4.89. The molecule has 0 saturated heterocycles. The van der Waals surface area contributed by atoms with Gasteiger partial charge in [0.1, 0.15) is 16.5 Å². The first kappa shape index (κ1) is 13.2. The van der Waals surface area contributed by atoms with Crippen molar-refractivity contribution in [3.05, 3.63) is 18.1 Å². The molecule has 1 atom stereocenters. The maximum Gasteiger partial charge on any atom is 0.147 e. The number of thioether (sulfide) groups is 1. The third-order valence-corrected chi connectivity index (χ3v) is 3.35. The number of anilines is 1. The Balaban J connectivity index is 2.77. The highest BCUT2D eigenvalue weighted by Crippen LogP contribution is 2.12. The Morgan fingerprint density at radius 2 is 2.25 bits per heavy atom. The van der Waals surface area contributed by atoms with Gasteiger partial charge >= 0.3 is 0 Å². The third kappa shape index (κ3) is 3.31. The highest BCUT2D eigenvalue weighted by Gasteiger charge is 2.11. The van der Waals surface area contributed by atoms with E-state index in [0.717, 1.165) is 11.6 Å². The summed E-state index contributed by atoms with van der Waals surface area (Å²) in [7, 11) is 2.01. The normalized spacial score (nSPS) is 12.2. The van der Waals surface area contributed by atoms with E-state index < -0.39 is 0 Å². The van der Waals surface area contributed by atoms with Crippen molar-refractivity contribution in [1.82, 2.24) is 9.97 Å². The van der Waals surface area contributed by atoms with Gasteiger partial charge in [-0.3, -0.25) is 0 Å². The van der Waals surface area contributed by atoms with E-state index in [4.69, 9.17) is 18.0 Å². The van der Waals surface area contributed by atoms with Crippen molar-refractivity contribution in [2.24, 2.45) is 5.73 Å². The Bertz CT molecular complexity index is 352. The van der Waals surface area contributed by atoms with Gasteiger partial charge in [0.25, 0.3) is 0 Å². The van der Waals surface area contributed by atoms with Crippen LogP contribution in [0.3, 0.4) is 0 Å². The van der Waals surface area contributed by atoms with Crippen molar-refractivity contribution in [2.75, 3.05) is 24.0 Å². The summed E-state index contributed by atoms with van der Waals surface area (Å²) < 4.78 is 0. The molecule has 0 radical (unpaired) electrons. The molecule has 1 unspecified atom stereocenters. The zero-order valence-corrected chi connectivity index (χ0v) is 11.3. The zero-order valence-electron chi connectivity index (χ0n) is 9.67. The molecule has 6 heteroatoms. The molecule has 0 saturated carbocycles. The van der Waals surface area contributed by atoms with Crippen LogP contribution >= 0.6 is 24.0 Å². The van der Waals surface area contributed by atoms with Crippen LogP contribution in [-0.4, -0.2) is 40.1 Å². The van der Waals surface area contributed by atoms with E-state index in [9.17, 15) is 0 Å². The summed E-state index contributed by atoms with van der Waals surface area (Å²) in [6, 6.07) is 0.417. The molecule has 1 aromatic rings. The van der Waals surface area contributed by atoms with E-state index in [2.05, 4.69) is 28.0 Å². The van der Waals surface area contributed by atoms with Crippen LogP contribution in [-0.2, 0) is 0 Å². The first-order valence-corrected chi connectivity index (χ1v) is 6.70. The molecule has 88 valence electrons. The molecule has 4 nitrogen and oxygen atoms in total. The third-order valence-electron chi connectivity index (χ3n) is 2.32. The lowest BCUT2D eigenvalue weighted by Gasteiger charge is -2.24. The lowest BCUT2D eigenvalue weighted by Crippen LogP contribution is -2.31. The molecule has 2 N–H and O–H groups in total. The highest BCUT2D eigenvalue weighted by molar-refractivity contribution is 7.98. The van der Waals surface area contributed by atoms with E-state index in [1.807, 2.05) is 18.8 Å². The minimum atomic E-state index is 0.277. The second-order valence-electron chi connectivity index (χ2n) is 3.54. The zero-order chi connectivity index (χ0) is 12.1. The lowest BCUT2D eigenvalue weighted by molar-refractivity contribution is 0.750. The molecule has 0 spiro atoms. The Morgan fingerprint density at radius 1 is 1.56 bits per heavy atom. The molecule has 0 aliphatic heterocycles. The van der Waals surface area contributed by atoms with Gasteiger partial charge in [0.05, 0.1) is 12.4 Å². The summed E-state index contributed by atoms with van der Waals surface area (Å²) in [4.78, 5) is 10.8. The summed E-state index contributed by atoms with van der Waals surface area (Å²) in [6.45, 7) is 2.15. The molecular weight excluding hydrogens is 240 g/mol. The van der Waals surface area contributed by atoms with E-state index in [1.165, 1.54) is 0 Å². The van der Waals surface area contributed by atoms with Gasteiger partial charge in [0, 0.05) is 18.8 Å². The van der Waals surface area contributed by atoms with Crippen LogP contribution in [0.2, 0.25) is 0 Å². The smallest absolute Gasteiger partial charge is 0.147 e. The van der Waals surface area contributed by atoms with Gasteiger partial charge in [0.15, 0.2) is 0 Å². The largest absolute Gasteiger partial charge is 0.388 e. The number of nitrogens with two attached hydrogens (primary N) is 1. The van der Waals surface area contributed by atoms with Gasteiger partial charge in [-0.2, -0.15) is 11.8 Å². The van der Waals surface area contributed by atoms with E-state index in [0.29, 0.717) is 11.7 Å². The minimum absolute atomic E-state index is 0.277. The second kappa shape index (κ2) is 6.00. The fourth-order valence-electron chi connectivity index (χ4n) is 1.21. The maximum absolute atomic E-state index is 5.46. The Morgan fingerprint density at radius 3 is 2.69 bits per heavy atom. The van der Waals surface area contributed by atoms with Crippen LogP contribution in [0.1, 0.15) is 12.6 Å². The van der Waals surface area contributed by atoms with Crippen LogP contribution < -0.4 is 10.6 Å². The van der Waals surface area contributed by atoms with E-state index in [1.54, 1.807) is 12.4 Å². The molecule has 0 aliphatic carbocycles. The van der Waals surface area contributed by atoms with E-state index in [-0.39, 0.29) is 4.99 Å². The lowest BCUT2D eigenvalue weighted by atomic mass is 10.3. The molecule has 0 aliphatic rings. The van der Waals surface area contributed by atoms with Crippen molar-refractivity contribution < 1.29 is 0 Å². The van der Waals surface area contributed by atoms with Crippen LogP contribution in [0.15, 0.2) is 12.4 Å². The van der Waals surface area contributed by atoms with Gasteiger partial charge in [-0.05, 0) is 13.2 Å². The fraction of sp³-hybridized carbons (Fsp3) is 0.500. The van der Waals surface area contributed by atoms with Crippen molar-refractivity contribution in [3.8, 4) is 0 Å². The Labute approximate surface area is 106 Å². The summed E-state index contributed by atoms with van der Waals surface area (Å²) in [5.41, 5.74) is 6.02. The van der Waals surface area contributed by atoms with E-state index >= 15 is 0 Å². The minimum Gasteiger partial charge on any atom is -0.388 e. The number of hydrogen-bond donors (Lipinski definition) is 1. The summed E-state index contributed by atoms with van der Waals surface area (Å²) >= 11 is 6.63. The number of thiocarbonyl (C=S) groups is 1. The molecule has 0 amide bonds. The molecule has 1 aromatic heterocycles. The van der Waals surface area contributed by atoms with Crippen LogP contribution in [0.4, 0.5) is 5.82 Å². The first-order chi connectivity index (χ1) is 7.56. The fourth-order valence-corrected chi connectivity index (χ4v) is 2.02. The Hall–Kier alpha value is -0.880. The molecular formula is C10H16N4S2. The monoisotopic (exact) mass is 256 g/mol. The average Bonchev–Trinajstić information content (AvgIpc) is 2.28. The average molecular weight is 256 g/mol. The summed E-state index contributed by atoms with van der Waals surface area (Å²) in [6.07, 6.45) is 5.40. The predicted molar refractivity (Wildman–Crippen MR) is 74.2 cm³/mol. The van der Waals surface area contributed by atoms with Crippen molar-refractivity contribution in [2.45, 2.75) is 13.0 Å². The van der Waals surface area contributed by atoms with Gasteiger partial charge in [-0.15, -0.1) is 0 Å². The van der Waals surface area contributed by atoms with Crippen LogP contribution in [0.5, 0.6) is 0 Å². The topological polar surface area (TPSA) is 55.0 Å². The SMILES string of the molecule is CSCC(C)N(C)c1cnc(C(N)=S)cn1. The van der Waals surface area contributed by atoms with Crippen molar-refractivity contribution >= 4 is 34.8 Å². The molecule has 1 rings (SSSR count). The molecule has 1 heterocycles. The van der Waals surface area contributed by atoms with Crippen molar-refractivity contribution in [3.63, 3.8) is 0 Å². The summed E-state index contributed by atoms with van der Waals surface area (Å²) in [5, 5.41) is 0. The van der Waals surface area contributed by atoms with Gasteiger partial charge in [0.2, 0.25) is 0 Å². The maximum atomic E-state index is 5.46. The van der Waals surface area contributed by atoms with Crippen LogP contribution in [0.25, 0.3) is 0 Å². The van der Waals surface area contributed by atoms with Gasteiger partial charge in [-0.25, -0.2) is 9.97 Å². The number of hydrogen-bond acceptors (Lipinski definition) is 5. The first-order valence-electron chi connectivity index (χ1n) is 4.90. The molecule has 0 bridgehead atoms. The molecule has 0 aromatic carbocycles. The molecule has 0 fully saturated rings. The quantitative estimate of drug-likeness (QED) is 0.801. The van der Waals surface area contributed by atoms with Gasteiger partial charge in [-0.1, -0.05) is 12.2 Å². The van der Waals surface area contributed by atoms with Crippen LogP contribution in [0, 0.1) is 0 Å². The highest BCUT2D eigenvalue weighted by atomic mass is 32.2. The summed E-state index contributed by atoms with van der Waals surface area (Å²) in [5.74, 6) is 1.89. The number of aromatic nitrogens is 2.